The largest absolute Gasteiger partial charge is 0.480 e. The topological polar surface area (TPSA) is 86.7 Å². The van der Waals surface area contributed by atoms with E-state index in [0.29, 0.717) is 11.3 Å². The highest BCUT2D eigenvalue weighted by Gasteiger charge is 2.48. The highest BCUT2D eigenvalue weighted by Crippen LogP contribution is 2.47. The number of benzene rings is 1. The fourth-order valence-electron chi connectivity index (χ4n) is 2.61. The second kappa shape index (κ2) is 5.07. The molecule has 2 aliphatic rings. The van der Waals surface area contributed by atoms with E-state index in [1.54, 1.807) is 17.0 Å². The van der Waals surface area contributed by atoms with Gasteiger partial charge in [-0.3, -0.25) is 14.4 Å². The van der Waals surface area contributed by atoms with E-state index < -0.39 is 24.0 Å². The Bertz CT molecular complexity index is 633. The zero-order valence-electron chi connectivity index (χ0n) is 11.3. The fourth-order valence-corrected chi connectivity index (χ4v) is 4.08. The lowest BCUT2D eigenvalue weighted by Crippen LogP contribution is -2.50. The van der Waals surface area contributed by atoms with Gasteiger partial charge in [-0.2, -0.15) is 0 Å². The van der Waals surface area contributed by atoms with Crippen LogP contribution in [0.3, 0.4) is 0 Å². The average Bonchev–Trinajstić information content (AvgIpc) is 3.00. The number of carboxylic acid groups (broad SMARTS) is 1. The van der Waals surface area contributed by atoms with Gasteiger partial charge in [0.1, 0.15) is 17.5 Å². The Hall–Kier alpha value is -2.02. The molecule has 0 unspecified atom stereocenters. The number of hydrogen-bond acceptors (Lipinski definition) is 4. The van der Waals surface area contributed by atoms with Crippen LogP contribution in [0.2, 0.25) is 0 Å². The second-order valence-corrected chi connectivity index (χ2v) is 6.18. The van der Waals surface area contributed by atoms with Crippen LogP contribution in [0, 0.1) is 0 Å². The standard InChI is InChI=1S/C14H14N2O4S/c1-7(14(19)20)15-11(17)10-6-21-13-9-5-3-2-4-8(9)12(18)16(10)13/h2-5,7,10,13H,6H2,1H3,(H,15,17)(H,19,20)/t7-,10-,13+/m1/s1. The normalized spacial score (nSPS) is 24.4. The number of carboxylic acids is 1. The van der Waals surface area contributed by atoms with Gasteiger partial charge in [0, 0.05) is 11.3 Å². The summed E-state index contributed by atoms with van der Waals surface area (Å²) in [5.41, 5.74) is 1.55. The third-order valence-corrected chi connectivity index (χ3v) is 5.03. The lowest BCUT2D eigenvalue weighted by atomic mass is 10.1. The predicted octanol–water partition coefficient (Wildman–Crippen LogP) is 0.846. The second-order valence-electron chi connectivity index (χ2n) is 5.07. The molecular formula is C14H14N2O4S. The molecule has 2 heterocycles. The molecule has 6 nitrogen and oxygen atoms in total. The molecule has 3 rings (SSSR count). The highest BCUT2D eigenvalue weighted by molar-refractivity contribution is 7.99. The number of aliphatic carboxylic acids is 1. The summed E-state index contributed by atoms with van der Waals surface area (Å²) in [5, 5.41) is 11.1. The lowest BCUT2D eigenvalue weighted by Gasteiger charge is -2.23. The number of fused-ring (bicyclic) bond motifs is 3. The van der Waals surface area contributed by atoms with Gasteiger partial charge >= 0.3 is 5.97 Å². The molecule has 0 aliphatic carbocycles. The maximum absolute atomic E-state index is 12.4. The van der Waals surface area contributed by atoms with E-state index in [0.717, 1.165) is 5.56 Å². The monoisotopic (exact) mass is 306 g/mol. The first kappa shape index (κ1) is 13.9. The summed E-state index contributed by atoms with van der Waals surface area (Å²) in [6.45, 7) is 1.40. The average molecular weight is 306 g/mol. The van der Waals surface area contributed by atoms with Gasteiger partial charge in [0.2, 0.25) is 5.91 Å². The van der Waals surface area contributed by atoms with Gasteiger partial charge in [-0.05, 0) is 18.6 Å². The minimum atomic E-state index is -1.10. The molecule has 2 amide bonds. The van der Waals surface area contributed by atoms with Gasteiger partial charge in [-0.25, -0.2) is 0 Å². The van der Waals surface area contributed by atoms with Crippen molar-refractivity contribution >= 4 is 29.5 Å². The van der Waals surface area contributed by atoms with E-state index in [1.165, 1.54) is 18.7 Å². The van der Waals surface area contributed by atoms with Crippen LogP contribution in [0.15, 0.2) is 24.3 Å². The molecule has 2 N–H and O–H groups in total. The summed E-state index contributed by atoms with van der Waals surface area (Å²) >= 11 is 1.53. The Morgan fingerprint density at radius 2 is 2.14 bits per heavy atom. The van der Waals surface area contributed by atoms with Gasteiger partial charge in [-0.15, -0.1) is 11.8 Å². The number of carbonyl (C=O) groups excluding carboxylic acids is 2. The molecule has 0 aromatic heterocycles. The summed E-state index contributed by atoms with van der Waals surface area (Å²) in [6.07, 6.45) is 0. The van der Waals surface area contributed by atoms with E-state index in [-0.39, 0.29) is 11.3 Å². The third kappa shape index (κ3) is 2.17. The number of nitrogens with one attached hydrogen (secondary N) is 1. The summed E-state index contributed by atoms with van der Waals surface area (Å²) < 4.78 is 0. The minimum absolute atomic E-state index is 0.149. The Kier molecular flexibility index (Phi) is 3.36. The number of hydrogen-bond donors (Lipinski definition) is 2. The van der Waals surface area contributed by atoms with Crippen LogP contribution in [-0.4, -0.2) is 45.6 Å². The molecule has 0 spiro atoms. The quantitative estimate of drug-likeness (QED) is 0.864. The van der Waals surface area contributed by atoms with Crippen LogP contribution in [0.4, 0.5) is 0 Å². The number of carbonyl (C=O) groups is 3. The highest BCUT2D eigenvalue weighted by atomic mass is 32.2. The van der Waals surface area contributed by atoms with Crippen molar-refractivity contribution in [2.24, 2.45) is 0 Å². The van der Waals surface area contributed by atoms with Crippen LogP contribution >= 0.6 is 11.8 Å². The lowest BCUT2D eigenvalue weighted by molar-refractivity contribution is -0.141. The zero-order valence-corrected chi connectivity index (χ0v) is 12.1. The minimum Gasteiger partial charge on any atom is -0.480 e. The molecule has 7 heteroatoms. The molecule has 1 fully saturated rings. The van der Waals surface area contributed by atoms with Crippen LogP contribution < -0.4 is 5.32 Å². The molecule has 2 aliphatic heterocycles. The van der Waals surface area contributed by atoms with Crippen molar-refractivity contribution in [1.82, 2.24) is 10.2 Å². The number of amides is 2. The molecule has 1 aromatic rings. The summed E-state index contributed by atoms with van der Waals surface area (Å²) in [6, 6.07) is 5.72. The SMILES string of the molecule is C[C@@H](NC(=O)[C@H]1CS[C@H]2c3ccccc3C(=O)N12)C(=O)O. The van der Waals surface area contributed by atoms with Crippen molar-refractivity contribution < 1.29 is 19.5 Å². The van der Waals surface area contributed by atoms with E-state index in [9.17, 15) is 14.4 Å². The van der Waals surface area contributed by atoms with Crippen molar-refractivity contribution in [1.29, 1.82) is 0 Å². The fraction of sp³-hybridized carbons (Fsp3) is 0.357. The Morgan fingerprint density at radius 1 is 1.43 bits per heavy atom. The Labute approximate surface area is 125 Å². The van der Waals surface area contributed by atoms with E-state index in [4.69, 9.17) is 5.11 Å². The predicted molar refractivity (Wildman–Crippen MR) is 76.8 cm³/mol. The van der Waals surface area contributed by atoms with Gasteiger partial charge in [0.25, 0.3) is 5.91 Å². The maximum atomic E-state index is 12.4. The van der Waals surface area contributed by atoms with E-state index in [2.05, 4.69) is 5.32 Å². The number of nitrogens with zero attached hydrogens (tertiary/aromatic N) is 1. The number of thioether (sulfide) groups is 1. The van der Waals surface area contributed by atoms with Gasteiger partial charge in [0.05, 0.1) is 0 Å². The van der Waals surface area contributed by atoms with Crippen molar-refractivity contribution in [2.45, 2.75) is 24.4 Å². The van der Waals surface area contributed by atoms with Crippen molar-refractivity contribution in [2.75, 3.05) is 5.75 Å². The summed E-state index contributed by atoms with van der Waals surface area (Å²) in [4.78, 5) is 37.0. The smallest absolute Gasteiger partial charge is 0.325 e. The van der Waals surface area contributed by atoms with Crippen molar-refractivity contribution in [3.8, 4) is 0 Å². The molecule has 0 radical (unpaired) electrons. The summed E-state index contributed by atoms with van der Waals surface area (Å²) in [5.74, 6) is -1.20. The molecule has 0 bridgehead atoms. The van der Waals surface area contributed by atoms with E-state index in [1.807, 2.05) is 12.1 Å². The first-order valence-electron chi connectivity index (χ1n) is 6.57. The van der Waals surface area contributed by atoms with Crippen LogP contribution in [-0.2, 0) is 9.59 Å². The first-order valence-corrected chi connectivity index (χ1v) is 7.62. The van der Waals surface area contributed by atoms with Crippen LogP contribution in [0.25, 0.3) is 0 Å². The van der Waals surface area contributed by atoms with Gasteiger partial charge in [0.15, 0.2) is 0 Å². The van der Waals surface area contributed by atoms with Gasteiger partial charge < -0.3 is 15.3 Å². The molecule has 21 heavy (non-hydrogen) atoms. The molecule has 0 saturated carbocycles. The Balaban J connectivity index is 1.82. The van der Waals surface area contributed by atoms with Crippen molar-refractivity contribution in [3.05, 3.63) is 35.4 Å². The molecule has 1 saturated heterocycles. The zero-order chi connectivity index (χ0) is 15.1. The van der Waals surface area contributed by atoms with E-state index >= 15 is 0 Å². The number of rotatable bonds is 3. The molecule has 3 atom stereocenters. The molecule has 110 valence electrons. The summed E-state index contributed by atoms with van der Waals surface area (Å²) in [7, 11) is 0. The Morgan fingerprint density at radius 3 is 2.86 bits per heavy atom. The maximum Gasteiger partial charge on any atom is 0.325 e. The molecular weight excluding hydrogens is 292 g/mol. The third-order valence-electron chi connectivity index (χ3n) is 3.72. The molecule has 1 aromatic carbocycles. The van der Waals surface area contributed by atoms with Crippen molar-refractivity contribution in [3.63, 3.8) is 0 Å². The van der Waals surface area contributed by atoms with Crippen LogP contribution in [0.5, 0.6) is 0 Å². The van der Waals surface area contributed by atoms with Gasteiger partial charge in [-0.1, -0.05) is 18.2 Å². The first-order chi connectivity index (χ1) is 10.0. The van der Waals surface area contributed by atoms with Crippen LogP contribution in [0.1, 0.15) is 28.2 Å².